The third-order valence-electron chi connectivity index (χ3n) is 2.64. The molecular weight excluding hydrogens is 261 g/mol. The summed E-state index contributed by atoms with van der Waals surface area (Å²) in [6, 6.07) is 6.46. The number of nitrogens with one attached hydrogen (secondary N) is 1. The van der Waals surface area contributed by atoms with Gasteiger partial charge < -0.3 is 5.32 Å². The van der Waals surface area contributed by atoms with Gasteiger partial charge in [0.05, 0.1) is 0 Å². The number of benzene rings is 1. The summed E-state index contributed by atoms with van der Waals surface area (Å²) in [5.41, 5.74) is 1.29. The Labute approximate surface area is 98.0 Å². The molecule has 3 heteroatoms. The number of piperidine rings is 1. The van der Waals surface area contributed by atoms with Crippen LogP contribution in [-0.4, -0.2) is 6.54 Å². The van der Waals surface area contributed by atoms with Crippen molar-refractivity contribution in [1.82, 2.24) is 5.32 Å². The van der Waals surface area contributed by atoms with Crippen LogP contribution in [0.3, 0.4) is 0 Å². The van der Waals surface area contributed by atoms with Gasteiger partial charge in [0.2, 0.25) is 0 Å². The summed E-state index contributed by atoms with van der Waals surface area (Å²) in [7, 11) is 0. The van der Waals surface area contributed by atoms with Crippen molar-refractivity contribution in [2.24, 2.45) is 0 Å². The SMILES string of the molecule is Clc1ccc(Br)c([C@@H]2CCCCN2)c1. The van der Waals surface area contributed by atoms with Crippen LogP contribution in [0.15, 0.2) is 22.7 Å². The zero-order chi connectivity index (χ0) is 9.97. The third kappa shape index (κ3) is 2.30. The van der Waals surface area contributed by atoms with Gasteiger partial charge in [0.1, 0.15) is 0 Å². The topological polar surface area (TPSA) is 12.0 Å². The summed E-state index contributed by atoms with van der Waals surface area (Å²) in [6.07, 6.45) is 3.80. The first-order valence-electron chi connectivity index (χ1n) is 4.96. The van der Waals surface area contributed by atoms with Gasteiger partial charge in [-0.05, 0) is 43.1 Å². The van der Waals surface area contributed by atoms with Gasteiger partial charge in [0, 0.05) is 15.5 Å². The first kappa shape index (κ1) is 10.5. The van der Waals surface area contributed by atoms with Crippen LogP contribution in [0, 0.1) is 0 Å². The van der Waals surface area contributed by atoms with Crippen molar-refractivity contribution in [3.8, 4) is 0 Å². The minimum atomic E-state index is 0.469. The quantitative estimate of drug-likeness (QED) is 0.818. The van der Waals surface area contributed by atoms with Crippen LogP contribution in [0.4, 0.5) is 0 Å². The predicted molar refractivity (Wildman–Crippen MR) is 63.7 cm³/mol. The second-order valence-electron chi connectivity index (χ2n) is 3.67. The maximum absolute atomic E-state index is 5.99. The van der Waals surface area contributed by atoms with E-state index < -0.39 is 0 Å². The molecule has 1 nitrogen and oxygen atoms in total. The predicted octanol–water partition coefficient (Wildman–Crippen LogP) is 3.92. The van der Waals surface area contributed by atoms with E-state index in [0.29, 0.717) is 6.04 Å². The molecule has 1 atom stereocenters. The summed E-state index contributed by atoms with van der Waals surface area (Å²) in [5.74, 6) is 0. The third-order valence-corrected chi connectivity index (χ3v) is 3.60. The molecule has 0 bridgehead atoms. The normalized spacial score (nSPS) is 22.3. The second kappa shape index (κ2) is 4.65. The Kier molecular flexibility index (Phi) is 3.47. The van der Waals surface area contributed by atoms with Crippen LogP contribution in [-0.2, 0) is 0 Å². The van der Waals surface area contributed by atoms with Crippen LogP contribution < -0.4 is 5.32 Å². The average Bonchev–Trinajstić information content (AvgIpc) is 2.23. The largest absolute Gasteiger partial charge is 0.310 e. The minimum absolute atomic E-state index is 0.469. The standard InChI is InChI=1S/C11H13BrClN/c12-10-5-4-8(13)7-9(10)11-3-1-2-6-14-11/h4-5,7,11,14H,1-3,6H2/t11-/m0/s1. The maximum Gasteiger partial charge on any atom is 0.0410 e. The Morgan fingerprint density at radius 3 is 2.93 bits per heavy atom. The van der Waals surface area contributed by atoms with E-state index in [0.717, 1.165) is 16.0 Å². The van der Waals surface area contributed by atoms with Gasteiger partial charge in [0.15, 0.2) is 0 Å². The molecule has 0 amide bonds. The fourth-order valence-electron chi connectivity index (χ4n) is 1.90. The molecule has 0 aliphatic carbocycles. The van der Waals surface area contributed by atoms with Gasteiger partial charge >= 0.3 is 0 Å². The maximum atomic E-state index is 5.99. The van der Waals surface area contributed by atoms with E-state index in [9.17, 15) is 0 Å². The molecule has 1 saturated heterocycles. The first-order chi connectivity index (χ1) is 6.77. The first-order valence-corrected chi connectivity index (χ1v) is 6.13. The molecule has 0 radical (unpaired) electrons. The molecular formula is C11H13BrClN. The van der Waals surface area contributed by atoms with Crippen LogP contribution in [0.2, 0.25) is 5.02 Å². The molecule has 0 saturated carbocycles. The molecule has 1 N–H and O–H groups in total. The van der Waals surface area contributed by atoms with E-state index >= 15 is 0 Å². The molecule has 1 aromatic rings. The van der Waals surface area contributed by atoms with Gasteiger partial charge in [-0.15, -0.1) is 0 Å². The van der Waals surface area contributed by atoms with E-state index in [1.807, 2.05) is 12.1 Å². The molecule has 2 rings (SSSR count). The van der Waals surface area contributed by atoms with Gasteiger partial charge in [0.25, 0.3) is 0 Å². The Bertz CT molecular complexity index is 321. The van der Waals surface area contributed by atoms with E-state index in [4.69, 9.17) is 11.6 Å². The highest BCUT2D eigenvalue weighted by atomic mass is 79.9. The summed E-state index contributed by atoms with van der Waals surface area (Å²) in [6.45, 7) is 1.11. The lowest BCUT2D eigenvalue weighted by Crippen LogP contribution is -2.26. The number of hydrogen-bond acceptors (Lipinski definition) is 1. The number of halogens is 2. The number of hydrogen-bond donors (Lipinski definition) is 1. The monoisotopic (exact) mass is 273 g/mol. The van der Waals surface area contributed by atoms with E-state index in [-0.39, 0.29) is 0 Å². The molecule has 1 aromatic carbocycles. The number of rotatable bonds is 1. The van der Waals surface area contributed by atoms with Gasteiger partial charge in [-0.25, -0.2) is 0 Å². The highest BCUT2D eigenvalue weighted by Gasteiger charge is 2.16. The molecule has 1 aliphatic rings. The van der Waals surface area contributed by atoms with Gasteiger partial charge in [-0.3, -0.25) is 0 Å². The lowest BCUT2D eigenvalue weighted by atomic mass is 9.98. The van der Waals surface area contributed by atoms with Crippen molar-refractivity contribution in [2.45, 2.75) is 25.3 Å². The highest BCUT2D eigenvalue weighted by Crippen LogP contribution is 2.31. The van der Waals surface area contributed by atoms with Crippen LogP contribution in [0.1, 0.15) is 30.9 Å². The Balaban J connectivity index is 2.24. The van der Waals surface area contributed by atoms with E-state index in [2.05, 4.69) is 27.3 Å². The minimum Gasteiger partial charge on any atom is -0.310 e. The van der Waals surface area contributed by atoms with Crippen molar-refractivity contribution >= 4 is 27.5 Å². The van der Waals surface area contributed by atoms with Crippen LogP contribution >= 0.6 is 27.5 Å². The smallest absolute Gasteiger partial charge is 0.0410 e. The zero-order valence-corrected chi connectivity index (χ0v) is 10.2. The second-order valence-corrected chi connectivity index (χ2v) is 4.96. The molecule has 1 heterocycles. The Morgan fingerprint density at radius 2 is 2.21 bits per heavy atom. The van der Waals surface area contributed by atoms with Crippen molar-refractivity contribution in [3.63, 3.8) is 0 Å². The van der Waals surface area contributed by atoms with Crippen molar-refractivity contribution < 1.29 is 0 Å². The highest BCUT2D eigenvalue weighted by molar-refractivity contribution is 9.10. The van der Waals surface area contributed by atoms with E-state index in [1.165, 1.54) is 24.8 Å². The average molecular weight is 275 g/mol. The van der Waals surface area contributed by atoms with Crippen molar-refractivity contribution in [2.75, 3.05) is 6.54 Å². The molecule has 14 heavy (non-hydrogen) atoms. The lowest BCUT2D eigenvalue weighted by Gasteiger charge is -2.24. The van der Waals surface area contributed by atoms with Crippen LogP contribution in [0.5, 0.6) is 0 Å². The zero-order valence-electron chi connectivity index (χ0n) is 7.89. The molecule has 76 valence electrons. The molecule has 0 aromatic heterocycles. The molecule has 1 aliphatic heterocycles. The lowest BCUT2D eigenvalue weighted by molar-refractivity contribution is 0.411. The van der Waals surface area contributed by atoms with Crippen molar-refractivity contribution in [1.29, 1.82) is 0 Å². The van der Waals surface area contributed by atoms with Crippen molar-refractivity contribution in [3.05, 3.63) is 33.3 Å². The molecule has 0 spiro atoms. The Morgan fingerprint density at radius 1 is 1.36 bits per heavy atom. The summed E-state index contributed by atoms with van der Waals surface area (Å²) < 4.78 is 1.15. The van der Waals surface area contributed by atoms with Gasteiger partial charge in [-0.1, -0.05) is 34.0 Å². The Hall–Kier alpha value is -0.0500. The summed E-state index contributed by atoms with van der Waals surface area (Å²) in [4.78, 5) is 0. The summed E-state index contributed by atoms with van der Waals surface area (Å²) in [5, 5.41) is 4.33. The fourth-order valence-corrected chi connectivity index (χ4v) is 2.60. The summed E-state index contributed by atoms with van der Waals surface area (Å²) >= 11 is 9.55. The molecule has 0 unspecified atom stereocenters. The fraction of sp³-hybridized carbons (Fsp3) is 0.455. The van der Waals surface area contributed by atoms with E-state index in [1.54, 1.807) is 0 Å². The van der Waals surface area contributed by atoms with Gasteiger partial charge in [-0.2, -0.15) is 0 Å². The molecule has 1 fully saturated rings. The van der Waals surface area contributed by atoms with Crippen LogP contribution in [0.25, 0.3) is 0 Å².